The SMILES string of the molecule is CN(C)C(=Nc1ccccc1SSc1ccccc1N=C(N(C)C)N(C)C)N(C)C. The molecule has 2 rings (SSSR count). The number of hydrogen-bond donors (Lipinski definition) is 0. The van der Waals surface area contributed by atoms with Gasteiger partial charge in [-0.15, -0.1) is 0 Å². The van der Waals surface area contributed by atoms with Gasteiger partial charge in [0, 0.05) is 66.2 Å². The lowest BCUT2D eigenvalue weighted by Crippen LogP contribution is -2.35. The van der Waals surface area contributed by atoms with Crippen molar-refractivity contribution in [3.63, 3.8) is 0 Å². The van der Waals surface area contributed by atoms with Gasteiger partial charge in [-0.3, -0.25) is 0 Å². The average molecular weight is 445 g/mol. The first-order valence-electron chi connectivity index (χ1n) is 9.60. The van der Waals surface area contributed by atoms with Crippen molar-refractivity contribution in [2.45, 2.75) is 9.79 Å². The minimum atomic E-state index is 0.902. The average Bonchev–Trinajstić information content (AvgIpc) is 2.69. The molecule has 0 bridgehead atoms. The summed E-state index contributed by atoms with van der Waals surface area (Å²) in [6.45, 7) is 0. The fraction of sp³-hybridized carbons (Fsp3) is 0.364. The van der Waals surface area contributed by atoms with Crippen molar-refractivity contribution in [2.24, 2.45) is 9.98 Å². The molecule has 0 fully saturated rings. The van der Waals surface area contributed by atoms with Gasteiger partial charge in [0.2, 0.25) is 11.9 Å². The van der Waals surface area contributed by atoms with Crippen LogP contribution >= 0.6 is 21.6 Å². The van der Waals surface area contributed by atoms with Crippen LogP contribution in [0.5, 0.6) is 0 Å². The van der Waals surface area contributed by atoms with Crippen molar-refractivity contribution in [1.82, 2.24) is 19.6 Å². The molecule has 0 aliphatic heterocycles. The summed E-state index contributed by atoms with van der Waals surface area (Å²) in [6, 6.07) is 16.5. The molecule has 0 radical (unpaired) electrons. The van der Waals surface area contributed by atoms with Crippen molar-refractivity contribution < 1.29 is 0 Å². The van der Waals surface area contributed by atoms with Crippen LogP contribution in [-0.2, 0) is 0 Å². The largest absolute Gasteiger partial charge is 0.349 e. The Morgan fingerprint density at radius 3 is 1.13 bits per heavy atom. The van der Waals surface area contributed by atoms with Gasteiger partial charge < -0.3 is 19.6 Å². The maximum absolute atomic E-state index is 4.88. The van der Waals surface area contributed by atoms with Crippen LogP contribution < -0.4 is 0 Å². The minimum Gasteiger partial charge on any atom is -0.349 e. The maximum Gasteiger partial charge on any atom is 0.200 e. The second kappa shape index (κ2) is 11.2. The van der Waals surface area contributed by atoms with E-state index >= 15 is 0 Å². The Balaban J connectivity index is 2.32. The summed E-state index contributed by atoms with van der Waals surface area (Å²) in [5, 5.41) is 0. The lowest BCUT2D eigenvalue weighted by Gasteiger charge is -2.23. The monoisotopic (exact) mass is 444 g/mol. The van der Waals surface area contributed by atoms with Gasteiger partial charge in [-0.05, 0) is 24.3 Å². The highest BCUT2D eigenvalue weighted by atomic mass is 33.1. The number of aliphatic imine (C=N–C) groups is 2. The van der Waals surface area contributed by atoms with Crippen LogP contribution in [-0.4, -0.2) is 87.9 Å². The van der Waals surface area contributed by atoms with Crippen LogP contribution in [0.1, 0.15) is 0 Å². The molecule has 0 spiro atoms. The van der Waals surface area contributed by atoms with Crippen molar-refractivity contribution >= 4 is 44.9 Å². The fourth-order valence-electron chi connectivity index (χ4n) is 2.75. The van der Waals surface area contributed by atoms with Gasteiger partial charge in [0.1, 0.15) is 0 Å². The van der Waals surface area contributed by atoms with E-state index in [1.54, 1.807) is 21.6 Å². The molecule has 0 aliphatic carbocycles. The zero-order chi connectivity index (χ0) is 22.3. The summed E-state index contributed by atoms with van der Waals surface area (Å²) in [5.74, 6) is 1.80. The highest BCUT2D eigenvalue weighted by molar-refractivity contribution is 8.76. The Labute approximate surface area is 189 Å². The molecule has 162 valence electrons. The molecular formula is C22H32N6S2. The first-order chi connectivity index (χ1) is 14.2. The van der Waals surface area contributed by atoms with Crippen LogP contribution in [0.25, 0.3) is 0 Å². The number of rotatable bonds is 5. The van der Waals surface area contributed by atoms with E-state index in [1.807, 2.05) is 100 Å². The zero-order valence-electron chi connectivity index (χ0n) is 19.1. The molecule has 0 N–H and O–H groups in total. The lowest BCUT2D eigenvalue weighted by molar-refractivity contribution is 0.484. The first-order valence-corrected chi connectivity index (χ1v) is 11.7. The Hall–Kier alpha value is -2.32. The first kappa shape index (κ1) is 24.0. The topological polar surface area (TPSA) is 37.7 Å². The van der Waals surface area contributed by atoms with Crippen molar-refractivity contribution in [2.75, 3.05) is 56.4 Å². The van der Waals surface area contributed by atoms with Crippen LogP contribution in [0.4, 0.5) is 11.4 Å². The second-order valence-electron chi connectivity index (χ2n) is 7.50. The quantitative estimate of drug-likeness (QED) is 0.378. The van der Waals surface area contributed by atoms with E-state index in [0.717, 1.165) is 33.1 Å². The number of para-hydroxylation sites is 2. The number of benzene rings is 2. The highest BCUT2D eigenvalue weighted by Gasteiger charge is 2.11. The normalized spacial score (nSPS) is 10.3. The number of guanidine groups is 2. The fourth-order valence-corrected chi connectivity index (χ4v) is 4.98. The molecule has 30 heavy (non-hydrogen) atoms. The molecule has 0 unspecified atom stereocenters. The van der Waals surface area contributed by atoms with E-state index in [4.69, 9.17) is 9.98 Å². The van der Waals surface area contributed by atoms with E-state index in [0.29, 0.717) is 0 Å². The molecule has 0 saturated carbocycles. The molecule has 0 aliphatic rings. The summed E-state index contributed by atoms with van der Waals surface area (Å²) >= 11 is 0. The van der Waals surface area contributed by atoms with Crippen LogP contribution in [0.3, 0.4) is 0 Å². The minimum absolute atomic E-state index is 0.902. The molecule has 2 aromatic carbocycles. The van der Waals surface area contributed by atoms with Crippen molar-refractivity contribution in [3.05, 3.63) is 48.5 Å². The van der Waals surface area contributed by atoms with E-state index in [-0.39, 0.29) is 0 Å². The molecule has 0 atom stereocenters. The van der Waals surface area contributed by atoms with E-state index in [9.17, 15) is 0 Å². The maximum atomic E-state index is 4.88. The molecule has 0 heterocycles. The van der Waals surface area contributed by atoms with Gasteiger partial charge in [0.05, 0.1) is 11.4 Å². The summed E-state index contributed by atoms with van der Waals surface area (Å²) in [6.07, 6.45) is 0. The predicted octanol–water partition coefficient (Wildman–Crippen LogP) is 4.71. The number of nitrogens with zero attached hydrogens (tertiary/aromatic N) is 6. The third-order valence-electron chi connectivity index (χ3n) is 3.99. The van der Waals surface area contributed by atoms with Gasteiger partial charge in [-0.2, -0.15) is 0 Å². The predicted molar refractivity (Wildman–Crippen MR) is 134 cm³/mol. The van der Waals surface area contributed by atoms with Gasteiger partial charge in [-0.1, -0.05) is 45.9 Å². The van der Waals surface area contributed by atoms with Gasteiger partial charge in [0.25, 0.3) is 0 Å². The van der Waals surface area contributed by atoms with Gasteiger partial charge in [0.15, 0.2) is 0 Å². The molecule has 0 aromatic heterocycles. The molecular weight excluding hydrogens is 412 g/mol. The Bertz CT molecular complexity index is 797. The molecule has 8 heteroatoms. The molecule has 0 saturated heterocycles. The number of hydrogen-bond acceptors (Lipinski definition) is 4. The van der Waals surface area contributed by atoms with E-state index in [2.05, 4.69) is 24.3 Å². The summed E-state index contributed by atoms with van der Waals surface area (Å²) in [4.78, 5) is 20.1. The molecule has 6 nitrogen and oxygen atoms in total. The smallest absolute Gasteiger partial charge is 0.200 e. The highest BCUT2D eigenvalue weighted by Crippen LogP contribution is 2.45. The van der Waals surface area contributed by atoms with Gasteiger partial charge >= 0.3 is 0 Å². The standard InChI is InChI=1S/C22H32N6S2/c1-25(2)21(26(3)4)23-17-13-9-11-15-19(17)29-30-20-16-12-10-14-18(20)24-22(27(5)6)28(7)8/h9-16H,1-8H3. The third kappa shape index (κ3) is 6.60. The van der Waals surface area contributed by atoms with Gasteiger partial charge in [-0.25, -0.2) is 9.98 Å². The van der Waals surface area contributed by atoms with Crippen LogP contribution in [0, 0.1) is 0 Å². The van der Waals surface area contributed by atoms with Crippen molar-refractivity contribution in [1.29, 1.82) is 0 Å². The lowest BCUT2D eigenvalue weighted by atomic mass is 10.3. The van der Waals surface area contributed by atoms with Crippen LogP contribution in [0.15, 0.2) is 68.3 Å². The molecule has 2 aromatic rings. The third-order valence-corrected chi connectivity index (χ3v) is 6.45. The Morgan fingerprint density at radius 2 is 0.833 bits per heavy atom. The summed E-state index contributed by atoms with van der Waals surface area (Å²) in [7, 11) is 19.4. The van der Waals surface area contributed by atoms with Crippen LogP contribution in [0.2, 0.25) is 0 Å². The zero-order valence-corrected chi connectivity index (χ0v) is 20.8. The van der Waals surface area contributed by atoms with E-state index in [1.165, 1.54) is 0 Å². The van der Waals surface area contributed by atoms with Crippen molar-refractivity contribution in [3.8, 4) is 0 Å². The summed E-state index contributed by atoms with van der Waals surface area (Å²) in [5.41, 5.74) is 1.91. The Kier molecular flexibility index (Phi) is 8.92. The van der Waals surface area contributed by atoms with E-state index < -0.39 is 0 Å². The summed E-state index contributed by atoms with van der Waals surface area (Å²) < 4.78 is 0. The Morgan fingerprint density at radius 1 is 0.533 bits per heavy atom. The second-order valence-corrected chi connectivity index (χ2v) is 9.72. The molecule has 0 amide bonds.